The van der Waals surface area contributed by atoms with Crippen molar-refractivity contribution in [1.82, 2.24) is 0 Å². The molecule has 0 amide bonds. The molecule has 0 aliphatic carbocycles. The van der Waals surface area contributed by atoms with Crippen LogP contribution in [0.25, 0.3) is 0 Å². The summed E-state index contributed by atoms with van der Waals surface area (Å²) in [6.45, 7) is 2.25. The highest BCUT2D eigenvalue weighted by Crippen LogP contribution is 2.29. The number of aryl methyl sites for hydroxylation is 1. The SMILES string of the molecule is COC(=O)c1c(C)cc(O[13CH3])cc1OCOCc1ccccc1. The third-order valence-corrected chi connectivity index (χ3v) is 3.31. The molecule has 0 saturated carbocycles. The molecule has 0 N–H and O–H groups in total. The van der Waals surface area contributed by atoms with Gasteiger partial charge in [-0.1, -0.05) is 30.3 Å². The largest absolute Gasteiger partial charge is 0.497 e. The Hall–Kier alpha value is -2.53. The maximum absolute atomic E-state index is 11.9. The normalized spacial score (nSPS) is 10.2. The van der Waals surface area contributed by atoms with Crippen LogP contribution in [0.1, 0.15) is 21.5 Å². The second-order valence-corrected chi connectivity index (χ2v) is 4.91. The summed E-state index contributed by atoms with van der Waals surface area (Å²) >= 11 is 0. The van der Waals surface area contributed by atoms with Gasteiger partial charge in [-0.15, -0.1) is 0 Å². The molecule has 0 radical (unpaired) electrons. The molecule has 0 aliphatic rings. The lowest BCUT2D eigenvalue weighted by Crippen LogP contribution is -2.10. The van der Waals surface area contributed by atoms with Crippen molar-refractivity contribution in [2.45, 2.75) is 13.5 Å². The molecule has 0 unspecified atom stereocenters. The average Bonchev–Trinajstić information content (AvgIpc) is 2.58. The molecule has 0 heterocycles. The van der Waals surface area contributed by atoms with Gasteiger partial charge in [0, 0.05) is 6.07 Å². The van der Waals surface area contributed by atoms with Crippen molar-refractivity contribution >= 4 is 5.97 Å². The van der Waals surface area contributed by atoms with E-state index in [1.54, 1.807) is 26.2 Å². The van der Waals surface area contributed by atoms with Crippen LogP contribution in [0.4, 0.5) is 0 Å². The molecule has 122 valence electrons. The topological polar surface area (TPSA) is 54.0 Å². The second-order valence-electron chi connectivity index (χ2n) is 4.91. The van der Waals surface area contributed by atoms with E-state index in [-0.39, 0.29) is 6.79 Å². The predicted octanol–water partition coefficient (Wildman–Crippen LogP) is 3.34. The number of esters is 1. The summed E-state index contributed by atoms with van der Waals surface area (Å²) in [5.74, 6) is 0.526. The van der Waals surface area contributed by atoms with Crippen molar-refractivity contribution < 1.29 is 23.7 Å². The van der Waals surface area contributed by atoms with E-state index in [0.717, 1.165) is 5.56 Å². The highest BCUT2D eigenvalue weighted by atomic mass is 16.7. The zero-order valence-corrected chi connectivity index (χ0v) is 13.5. The zero-order chi connectivity index (χ0) is 16.7. The molecule has 0 saturated heterocycles. The minimum absolute atomic E-state index is 0.0193. The Labute approximate surface area is 135 Å². The van der Waals surface area contributed by atoms with Crippen LogP contribution in [0.5, 0.6) is 11.5 Å². The maximum atomic E-state index is 11.9. The zero-order valence-electron chi connectivity index (χ0n) is 13.5. The van der Waals surface area contributed by atoms with Gasteiger partial charge in [-0.05, 0) is 24.1 Å². The van der Waals surface area contributed by atoms with Crippen molar-refractivity contribution in [3.8, 4) is 11.5 Å². The Bertz CT molecular complexity index is 652. The number of rotatable bonds is 7. The standard InChI is InChI=1S/C18H20O5/c1-13-9-15(20-2)10-16(17(13)18(19)21-3)23-12-22-11-14-7-5-4-6-8-14/h4-10H,11-12H2,1-3H3/i2+1. The number of carbonyl (C=O) groups is 1. The summed E-state index contributed by atoms with van der Waals surface area (Å²) < 4.78 is 21.1. The van der Waals surface area contributed by atoms with E-state index in [0.29, 0.717) is 29.2 Å². The van der Waals surface area contributed by atoms with Crippen LogP contribution in [0.15, 0.2) is 42.5 Å². The fourth-order valence-electron chi connectivity index (χ4n) is 2.16. The van der Waals surface area contributed by atoms with Gasteiger partial charge in [-0.3, -0.25) is 0 Å². The molecule has 0 fully saturated rings. The Balaban J connectivity index is 2.05. The first-order chi connectivity index (χ1) is 11.2. The summed E-state index contributed by atoms with van der Waals surface area (Å²) in [5.41, 5.74) is 2.14. The molecule has 0 aromatic heterocycles. The lowest BCUT2D eigenvalue weighted by Gasteiger charge is -2.14. The summed E-state index contributed by atoms with van der Waals surface area (Å²) in [6.07, 6.45) is 0. The van der Waals surface area contributed by atoms with E-state index in [9.17, 15) is 4.79 Å². The fraction of sp³-hybridized carbons (Fsp3) is 0.278. The molecular weight excluding hydrogens is 297 g/mol. The van der Waals surface area contributed by atoms with Crippen LogP contribution in [0.3, 0.4) is 0 Å². The van der Waals surface area contributed by atoms with E-state index in [4.69, 9.17) is 18.9 Å². The number of methoxy groups -OCH3 is 2. The van der Waals surface area contributed by atoms with Crippen LogP contribution in [0.2, 0.25) is 0 Å². The molecule has 0 aliphatic heterocycles. The van der Waals surface area contributed by atoms with Crippen molar-refractivity contribution in [3.63, 3.8) is 0 Å². The third-order valence-electron chi connectivity index (χ3n) is 3.31. The van der Waals surface area contributed by atoms with Gasteiger partial charge in [-0.25, -0.2) is 4.79 Å². The van der Waals surface area contributed by atoms with E-state index in [1.165, 1.54) is 7.11 Å². The van der Waals surface area contributed by atoms with Crippen molar-refractivity contribution in [1.29, 1.82) is 0 Å². The van der Waals surface area contributed by atoms with Gasteiger partial charge in [0.1, 0.15) is 17.1 Å². The molecule has 0 atom stereocenters. The monoisotopic (exact) mass is 317 g/mol. The predicted molar refractivity (Wildman–Crippen MR) is 85.8 cm³/mol. The van der Waals surface area contributed by atoms with Crippen molar-refractivity contribution in [2.24, 2.45) is 0 Å². The Morgan fingerprint density at radius 1 is 1.09 bits per heavy atom. The highest BCUT2D eigenvalue weighted by Gasteiger charge is 2.18. The van der Waals surface area contributed by atoms with Crippen LogP contribution in [-0.2, 0) is 16.1 Å². The molecule has 5 heteroatoms. The smallest absolute Gasteiger partial charge is 0.341 e. The van der Waals surface area contributed by atoms with E-state index in [1.807, 2.05) is 30.3 Å². The molecule has 2 aromatic rings. The number of ether oxygens (including phenoxy) is 4. The first kappa shape index (κ1) is 16.8. The maximum Gasteiger partial charge on any atom is 0.341 e. The molecule has 2 aromatic carbocycles. The lowest BCUT2D eigenvalue weighted by molar-refractivity contribution is 0.00401. The van der Waals surface area contributed by atoms with E-state index >= 15 is 0 Å². The summed E-state index contributed by atoms with van der Waals surface area (Å²) in [7, 11) is 2.89. The summed E-state index contributed by atoms with van der Waals surface area (Å²) in [6, 6.07) is 13.2. The molecule has 2 rings (SSSR count). The Morgan fingerprint density at radius 3 is 2.48 bits per heavy atom. The quantitative estimate of drug-likeness (QED) is 0.339. The summed E-state index contributed by atoms with van der Waals surface area (Å²) in [5, 5.41) is 0. The van der Waals surface area contributed by atoms with E-state index in [2.05, 4.69) is 0 Å². The lowest BCUT2D eigenvalue weighted by atomic mass is 10.1. The first-order valence-corrected chi connectivity index (χ1v) is 7.17. The van der Waals surface area contributed by atoms with Gasteiger partial charge in [0.2, 0.25) is 0 Å². The van der Waals surface area contributed by atoms with Gasteiger partial charge in [0.25, 0.3) is 0 Å². The minimum atomic E-state index is -0.455. The number of carbonyl (C=O) groups excluding carboxylic acids is 1. The van der Waals surface area contributed by atoms with E-state index < -0.39 is 5.97 Å². The third kappa shape index (κ3) is 4.47. The van der Waals surface area contributed by atoms with Gasteiger partial charge >= 0.3 is 5.97 Å². The van der Waals surface area contributed by atoms with Crippen LogP contribution in [-0.4, -0.2) is 27.0 Å². The number of benzene rings is 2. The van der Waals surface area contributed by atoms with Gasteiger partial charge in [-0.2, -0.15) is 0 Å². The molecular formula is C18H20O5. The highest BCUT2D eigenvalue weighted by molar-refractivity contribution is 5.94. The van der Waals surface area contributed by atoms with Gasteiger partial charge < -0.3 is 18.9 Å². The van der Waals surface area contributed by atoms with Crippen LogP contribution < -0.4 is 9.47 Å². The fourth-order valence-corrected chi connectivity index (χ4v) is 2.16. The van der Waals surface area contributed by atoms with Gasteiger partial charge in [0.15, 0.2) is 6.79 Å². The number of hydrogen-bond acceptors (Lipinski definition) is 5. The van der Waals surface area contributed by atoms with Gasteiger partial charge in [0.05, 0.1) is 20.8 Å². The first-order valence-electron chi connectivity index (χ1n) is 7.17. The second kappa shape index (κ2) is 8.19. The molecule has 0 bridgehead atoms. The Morgan fingerprint density at radius 2 is 1.83 bits per heavy atom. The number of hydrogen-bond donors (Lipinski definition) is 0. The summed E-state index contributed by atoms with van der Waals surface area (Å²) in [4.78, 5) is 11.9. The minimum Gasteiger partial charge on any atom is -0.497 e. The molecule has 0 spiro atoms. The Kier molecular flexibility index (Phi) is 6.00. The average molecular weight is 317 g/mol. The molecule has 23 heavy (non-hydrogen) atoms. The van der Waals surface area contributed by atoms with Crippen LogP contribution in [0, 0.1) is 6.92 Å². The van der Waals surface area contributed by atoms with Crippen molar-refractivity contribution in [2.75, 3.05) is 21.0 Å². The van der Waals surface area contributed by atoms with Crippen molar-refractivity contribution in [3.05, 3.63) is 59.2 Å². The van der Waals surface area contributed by atoms with Crippen LogP contribution >= 0.6 is 0 Å². The molecule has 5 nitrogen and oxygen atoms in total.